The Hall–Kier alpha value is 0.270. The molecule has 2 N–H and O–H groups in total. The first-order chi connectivity index (χ1) is 5.22. The van der Waals surface area contributed by atoms with Gasteiger partial charge in [0, 0.05) is 5.92 Å². The van der Waals surface area contributed by atoms with Gasteiger partial charge in [-0.1, -0.05) is 6.92 Å². The van der Waals surface area contributed by atoms with Crippen LogP contribution in [-0.4, -0.2) is 28.0 Å². The van der Waals surface area contributed by atoms with Gasteiger partial charge in [0.1, 0.15) is 0 Å². The third-order valence-corrected chi connectivity index (χ3v) is 3.65. The van der Waals surface area contributed by atoms with E-state index in [1.807, 2.05) is 18.7 Å². The van der Waals surface area contributed by atoms with Crippen LogP contribution in [0.2, 0.25) is 0 Å². The van der Waals surface area contributed by atoms with Gasteiger partial charge in [0.2, 0.25) is 0 Å². The summed E-state index contributed by atoms with van der Waals surface area (Å²) in [5.74, 6) is 2.89. The maximum absolute atomic E-state index is 8.92. The predicted molar refractivity (Wildman–Crippen MR) is 47.4 cm³/mol. The highest BCUT2D eigenvalue weighted by atomic mass is 32.2. The molecule has 1 rings (SSSR count). The van der Waals surface area contributed by atoms with E-state index in [4.69, 9.17) is 10.2 Å². The van der Waals surface area contributed by atoms with Crippen molar-refractivity contribution < 1.29 is 10.2 Å². The summed E-state index contributed by atoms with van der Waals surface area (Å²) < 4.78 is 0. The maximum Gasteiger partial charge on any atom is 0.154 e. The van der Waals surface area contributed by atoms with Gasteiger partial charge in [-0.15, -0.1) is 0 Å². The number of aliphatic hydroxyl groups excluding tert-OH is 1. The van der Waals surface area contributed by atoms with Crippen LogP contribution in [0, 0.1) is 11.8 Å². The normalized spacial score (nSPS) is 28.9. The molecule has 2 atom stereocenters. The van der Waals surface area contributed by atoms with E-state index in [0.717, 1.165) is 12.2 Å². The van der Waals surface area contributed by atoms with Crippen LogP contribution in [0.25, 0.3) is 0 Å². The fraction of sp³-hybridized carbons (Fsp3) is 1.00. The van der Waals surface area contributed by atoms with Gasteiger partial charge in [0.05, 0.1) is 0 Å². The predicted octanol–water partition coefficient (Wildman–Crippen LogP) is 1.08. The Morgan fingerprint density at radius 2 is 2.18 bits per heavy atom. The van der Waals surface area contributed by atoms with E-state index in [1.165, 1.54) is 12.2 Å². The first kappa shape index (κ1) is 9.36. The van der Waals surface area contributed by atoms with E-state index < -0.39 is 6.29 Å². The Balaban J connectivity index is 2.32. The summed E-state index contributed by atoms with van der Waals surface area (Å²) in [6, 6.07) is 0. The molecule has 11 heavy (non-hydrogen) atoms. The fourth-order valence-electron chi connectivity index (χ4n) is 1.42. The summed E-state index contributed by atoms with van der Waals surface area (Å²) >= 11 is 1.93. The number of aliphatic hydroxyl groups is 2. The lowest BCUT2D eigenvalue weighted by Crippen LogP contribution is -2.28. The molecule has 1 fully saturated rings. The SMILES string of the molecule is CC(C(O)O)C1CCCSC1. The Bertz CT molecular complexity index is 111. The summed E-state index contributed by atoms with van der Waals surface area (Å²) in [5.41, 5.74) is 0. The van der Waals surface area contributed by atoms with E-state index in [-0.39, 0.29) is 5.92 Å². The Labute approximate surface area is 72.0 Å². The zero-order valence-corrected chi connectivity index (χ0v) is 7.68. The number of hydrogen-bond acceptors (Lipinski definition) is 3. The van der Waals surface area contributed by atoms with Crippen LogP contribution in [0.15, 0.2) is 0 Å². The average Bonchev–Trinajstić information content (AvgIpc) is 2.05. The van der Waals surface area contributed by atoms with Gasteiger partial charge in [-0.25, -0.2) is 0 Å². The molecule has 66 valence electrons. The van der Waals surface area contributed by atoms with Gasteiger partial charge >= 0.3 is 0 Å². The molecule has 1 aliphatic heterocycles. The summed E-state index contributed by atoms with van der Waals surface area (Å²) in [4.78, 5) is 0. The summed E-state index contributed by atoms with van der Waals surface area (Å²) in [6.07, 6.45) is 1.26. The van der Waals surface area contributed by atoms with Crippen molar-refractivity contribution in [3.05, 3.63) is 0 Å². The van der Waals surface area contributed by atoms with Crippen LogP contribution in [0.1, 0.15) is 19.8 Å². The van der Waals surface area contributed by atoms with Gasteiger partial charge in [0.15, 0.2) is 6.29 Å². The van der Waals surface area contributed by atoms with Crippen LogP contribution < -0.4 is 0 Å². The van der Waals surface area contributed by atoms with Gasteiger partial charge in [-0.2, -0.15) is 11.8 Å². The molecule has 0 aromatic heterocycles. The Morgan fingerprint density at radius 1 is 1.45 bits per heavy atom. The zero-order valence-electron chi connectivity index (χ0n) is 6.86. The van der Waals surface area contributed by atoms with Crippen molar-refractivity contribution in [2.45, 2.75) is 26.1 Å². The number of hydrogen-bond donors (Lipinski definition) is 2. The highest BCUT2D eigenvalue weighted by Gasteiger charge is 2.24. The summed E-state index contributed by atoms with van der Waals surface area (Å²) in [5, 5.41) is 17.8. The quantitative estimate of drug-likeness (QED) is 0.618. The molecule has 0 amide bonds. The first-order valence-electron chi connectivity index (χ1n) is 4.15. The average molecular weight is 176 g/mol. The molecule has 0 bridgehead atoms. The van der Waals surface area contributed by atoms with E-state index in [9.17, 15) is 0 Å². The summed E-state index contributed by atoms with van der Waals surface area (Å²) in [7, 11) is 0. The molecular formula is C8H16O2S. The molecule has 1 saturated heterocycles. The van der Waals surface area contributed by atoms with Gasteiger partial charge in [-0.05, 0) is 30.3 Å². The Morgan fingerprint density at radius 3 is 2.64 bits per heavy atom. The highest BCUT2D eigenvalue weighted by Crippen LogP contribution is 2.29. The largest absolute Gasteiger partial charge is 0.368 e. The minimum atomic E-state index is -1.13. The molecule has 0 aromatic carbocycles. The number of thioether (sulfide) groups is 1. The van der Waals surface area contributed by atoms with E-state index >= 15 is 0 Å². The maximum atomic E-state index is 8.92. The van der Waals surface area contributed by atoms with Crippen molar-refractivity contribution >= 4 is 11.8 Å². The first-order valence-corrected chi connectivity index (χ1v) is 5.31. The van der Waals surface area contributed by atoms with E-state index in [1.54, 1.807) is 0 Å². The van der Waals surface area contributed by atoms with Crippen molar-refractivity contribution in [1.29, 1.82) is 0 Å². The van der Waals surface area contributed by atoms with Crippen molar-refractivity contribution in [3.8, 4) is 0 Å². The van der Waals surface area contributed by atoms with E-state index in [0.29, 0.717) is 5.92 Å². The topological polar surface area (TPSA) is 40.5 Å². The third-order valence-electron chi connectivity index (χ3n) is 2.41. The van der Waals surface area contributed by atoms with Crippen LogP contribution >= 0.6 is 11.8 Å². The second kappa shape index (κ2) is 4.33. The summed E-state index contributed by atoms with van der Waals surface area (Å²) in [6.45, 7) is 1.92. The van der Waals surface area contributed by atoms with Crippen LogP contribution in [0.4, 0.5) is 0 Å². The molecule has 2 nitrogen and oxygen atoms in total. The molecule has 2 unspecified atom stereocenters. The van der Waals surface area contributed by atoms with Gasteiger partial charge < -0.3 is 10.2 Å². The standard InChI is InChI=1S/C8H16O2S/c1-6(8(9)10)7-3-2-4-11-5-7/h6-10H,2-5H2,1H3. The van der Waals surface area contributed by atoms with Crippen LogP contribution in [0.3, 0.4) is 0 Å². The van der Waals surface area contributed by atoms with Gasteiger partial charge in [-0.3, -0.25) is 0 Å². The third kappa shape index (κ3) is 2.65. The monoisotopic (exact) mass is 176 g/mol. The molecule has 3 heteroatoms. The Kier molecular flexibility index (Phi) is 3.69. The lowest BCUT2D eigenvalue weighted by Gasteiger charge is -2.28. The number of rotatable bonds is 2. The second-order valence-electron chi connectivity index (χ2n) is 3.25. The molecule has 1 aliphatic rings. The van der Waals surface area contributed by atoms with Crippen LogP contribution in [0.5, 0.6) is 0 Å². The van der Waals surface area contributed by atoms with Gasteiger partial charge in [0.25, 0.3) is 0 Å². The molecule has 1 heterocycles. The molecule has 0 saturated carbocycles. The minimum Gasteiger partial charge on any atom is -0.368 e. The van der Waals surface area contributed by atoms with Crippen molar-refractivity contribution in [2.24, 2.45) is 11.8 Å². The lowest BCUT2D eigenvalue weighted by atomic mass is 9.91. The molecule has 0 aliphatic carbocycles. The van der Waals surface area contributed by atoms with E-state index in [2.05, 4.69) is 0 Å². The smallest absolute Gasteiger partial charge is 0.154 e. The zero-order chi connectivity index (χ0) is 8.27. The van der Waals surface area contributed by atoms with Crippen LogP contribution in [-0.2, 0) is 0 Å². The lowest BCUT2D eigenvalue weighted by molar-refractivity contribution is -0.0928. The van der Waals surface area contributed by atoms with Crippen molar-refractivity contribution in [2.75, 3.05) is 11.5 Å². The second-order valence-corrected chi connectivity index (χ2v) is 4.40. The molecule has 0 aromatic rings. The molecule has 0 spiro atoms. The highest BCUT2D eigenvalue weighted by molar-refractivity contribution is 7.99. The van der Waals surface area contributed by atoms with Crippen molar-refractivity contribution in [1.82, 2.24) is 0 Å². The minimum absolute atomic E-state index is 0.0443. The van der Waals surface area contributed by atoms with Crippen molar-refractivity contribution in [3.63, 3.8) is 0 Å². The fourth-order valence-corrected chi connectivity index (χ4v) is 2.73. The molecule has 0 radical (unpaired) electrons. The molecular weight excluding hydrogens is 160 g/mol.